The van der Waals surface area contributed by atoms with Crippen molar-refractivity contribution < 1.29 is 14.3 Å². The fourth-order valence-electron chi connectivity index (χ4n) is 2.90. The monoisotopic (exact) mass is 411 g/mol. The molecule has 1 amide bonds. The summed E-state index contributed by atoms with van der Waals surface area (Å²) in [5.41, 5.74) is 1.67. The molecular formula is C22H22ClN3O3. The molecule has 1 heterocycles. The van der Waals surface area contributed by atoms with Crippen LogP contribution in [0.3, 0.4) is 0 Å². The van der Waals surface area contributed by atoms with Crippen LogP contribution in [0.25, 0.3) is 6.08 Å². The van der Waals surface area contributed by atoms with Crippen LogP contribution >= 0.6 is 11.6 Å². The van der Waals surface area contributed by atoms with Crippen LogP contribution in [0.2, 0.25) is 5.02 Å². The van der Waals surface area contributed by atoms with E-state index in [9.17, 15) is 4.79 Å². The molecule has 3 aromatic rings. The van der Waals surface area contributed by atoms with Gasteiger partial charge in [-0.3, -0.25) is 4.79 Å². The maximum absolute atomic E-state index is 12.7. The molecule has 6 nitrogen and oxygen atoms in total. The Morgan fingerprint density at radius 1 is 1.14 bits per heavy atom. The second-order valence-corrected chi connectivity index (χ2v) is 6.81. The molecule has 0 bridgehead atoms. The van der Waals surface area contributed by atoms with Gasteiger partial charge in [-0.15, -0.1) is 0 Å². The molecule has 1 N–H and O–H groups in total. The van der Waals surface area contributed by atoms with Gasteiger partial charge in [0.2, 0.25) is 5.91 Å². The van der Waals surface area contributed by atoms with Crippen LogP contribution in [0.4, 0.5) is 0 Å². The second-order valence-electron chi connectivity index (χ2n) is 6.37. The first kappa shape index (κ1) is 20.5. The largest absolute Gasteiger partial charge is 0.497 e. The van der Waals surface area contributed by atoms with Crippen LogP contribution < -0.4 is 14.8 Å². The predicted octanol–water partition coefficient (Wildman–Crippen LogP) is 4.01. The molecule has 0 aliphatic rings. The molecule has 0 unspecified atom stereocenters. The van der Waals surface area contributed by atoms with E-state index in [0.29, 0.717) is 16.5 Å². The first-order chi connectivity index (χ1) is 14.0. The molecule has 0 aliphatic carbocycles. The van der Waals surface area contributed by atoms with Crippen LogP contribution in [0.1, 0.15) is 23.0 Å². The average Bonchev–Trinajstić information content (AvgIpc) is 3.16. The summed E-state index contributed by atoms with van der Waals surface area (Å²) in [6.07, 6.45) is 6.71. The predicted molar refractivity (Wildman–Crippen MR) is 113 cm³/mol. The van der Waals surface area contributed by atoms with Gasteiger partial charge in [-0.05, 0) is 41.5 Å². The molecule has 0 spiro atoms. The zero-order chi connectivity index (χ0) is 20.8. The van der Waals surface area contributed by atoms with Crippen LogP contribution in [0, 0.1) is 0 Å². The van der Waals surface area contributed by atoms with Gasteiger partial charge in [0.15, 0.2) is 0 Å². The van der Waals surface area contributed by atoms with Crippen LogP contribution in [0.5, 0.6) is 11.5 Å². The number of amides is 1. The fourth-order valence-corrected chi connectivity index (χ4v) is 3.02. The lowest BCUT2D eigenvalue weighted by Crippen LogP contribution is -2.29. The topological polar surface area (TPSA) is 65.4 Å². The summed E-state index contributed by atoms with van der Waals surface area (Å²) in [7, 11) is 5.05. The number of nitrogens with zero attached hydrogens (tertiary/aromatic N) is 2. The van der Waals surface area contributed by atoms with E-state index in [-0.39, 0.29) is 5.91 Å². The third kappa shape index (κ3) is 5.18. The van der Waals surface area contributed by atoms with Gasteiger partial charge in [-0.25, -0.2) is 4.98 Å². The summed E-state index contributed by atoms with van der Waals surface area (Å²) in [6.45, 7) is 0. The van der Waals surface area contributed by atoms with E-state index >= 15 is 0 Å². The number of aromatic nitrogens is 2. The maximum Gasteiger partial charge on any atom is 0.244 e. The van der Waals surface area contributed by atoms with Gasteiger partial charge in [-0.2, -0.15) is 0 Å². The third-order valence-corrected chi connectivity index (χ3v) is 4.66. The summed E-state index contributed by atoms with van der Waals surface area (Å²) in [5, 5.41) is 3.64. The number of imidazole rings is 1. The SMILES string of the molecule is COc1cc(/C=C/C(=O)N[C@@H](c2ccc(Cl)cc2)c2nccn2C)cc(OC)c1. The van der Waals surface area contributed by atoms with Crippen molar-refractivity contribution in [3.63, 3.8) is 0 Å². The number of rotatable bonds is 7. The average molecular weight is 412 g/mol. The second kappa shape index (κ2) is 9.30. The Kier molecular flexibility index (Phi) is 6.57. The minimum atomic E-state index is -0.413. The third-order valence-electron chi connectivity index (χ3n) is 4.41. The van der Waals surface area contributed by atoms with Crippen molar-refractivity contribution in [2.24, 2.45) is 7.05 Å². The maximum atomic E-state index is 12.7. The number of ether oxygens (including phenoxy) is 2. The van der Waals surface area contributed by atoms with Crippen molar-refractivity contribution in [1.82, 2.24) is 14.9 Å². The zero-order valence-corrected chi connectivity index (χ0v) is 17.2. The summed E-state index contributed by atoms with van der Waals surface area (Å²) in [6, 6.07) is 12.3. The Labute approximate surface area is 174 Å². The van der Waals surface area contributed by atoms with Gasteiger partial charge < -0.3 is 19.4 Å². The number of benzene rings is 2. The summed E-state index contributed by atoms with van der Waals surface area (Å²) < 4.78 is 12.4. The van der Waals surface area contributed by atoms with Crippen molar-refractivity contribution in [1.29, 1.82) is 0 Å². The van der Waals surface area contributed by atoms with Crippen molar-refractivity contribution in [2.45, 2.75) is 6.04 Å². The molecule has 0 saturated carbocycles. The molecule has 0 aliphatic heterocycles. The molecule has 2 aromatic carbocycles. The Morgan fingerprint density at radius 3 is 2.34 bits per heavy atom. The highest BCUT2D eigenvalue weighted by Gasteiger charge is 2.19. The van der Waals surface area contributed by atoms with Crippen molar-refractivity contribution >= 4 is 23.6 Å². The lowest BCUT2D eigenvalue weighted by atomic mass is 10.1. The van der Waals surface area contributed by atoms with Gasteiger partial charge in [0.25, 0.3) is 0 Å². The normalized spacial score (nSPS) is 12.0. The number of nitrogens with one attached hydrogen (secondary N) is 1. The fraction of sp³-hybridized carbons (Fsp3) is 0.182. The van der Waals surface area contributed by atoms with E-state index in [0.717, 1.165) is 17.0 Å². The first-order valence-corrected chi connectivity index (χ1v) is 9.32. The van der Waals surface area contributed by atoms with E-state index in [1.807, 2.05) is 42.1 Å². The summed E-state index contributed by atoms with van der Waals surface area (Å²) in [5.74, 6) is 1.76. The first-order valence-electron chi connectivity index (χ1n) is 8.94. The van der Waals surface area contributed by atoms with Gasteiger partial charge in [-0.1, -0.05) is 23.7 Å². The van der Waals surface area contributed by atoms with Crippen molar-refractivity contribution in [3.05, 3.63) is 82.9 Å². The van der Waals surface area contributed by atoms with E-state index in [1.165, 1.54) is 6.08 Å². The Morgan fingerprint density at radius 2 is 1.79 bits per heavy atom. The van der Waals surface area contributed by atoms with Crippen molar-refractivity contribution in [2.75, 3.05) is 14.2 Å². The standard InChI is InChI=1S/C22H22ClN3O3/c1-26-11-10-24-22(26)21(16-5-7-17(23)8-6-16)25-20(27)9-4-15-12-18(28-2)14-19(13-15)29-3/h4-14,21H,1-3H3,(H,25,27)/b9-4+/t21-/m0/s1. The van der Waals surface area contributed by atoms with E-state index in [2.05, 4.69) is 10.3 Å². The quantitative estimate of drug-likeness (QED) is 0.596. The molecule has 29 heavy (non-hydrogen) atoms. The smallest absolute Gasteiger partial charge is 0.244 e. The molecule has 0 saturated heterocycles. The lowest BCUT2D eigenvalue weighted by molar-refractivity contribution is -0.117. The van der Waals surface area contributed by atoms with E-state index in [1.54, 1.807) is 44.7 Å². The van der Waals surface area contributed by atoms with Crippen LogP contribution in [-0.2, 0) is 11.8 Å². The van der Waals surface area contributed by atoms with E-state index < -0.39 is 6.04 Å². The highest BCUT2D eigenvalue weighted by atomic mass is 35.5. The van der Waals surface area contributed by atoms with Gasteiger partial charge >= 0.3 is 0 Å². The van der Waals surface area contributed by atoms with E-state index in [4.69, 9.17) is 21.1 Å². The van der Waals surface area contributed by atoms with Gasteiger partial charge in [0.05, 0.1) is 14.2 Å². The molecule has 0 radical (unpaired) electrons. The number of aryl methyl sites for hydroxylation is 1. The molecule has 150 valence electrons. The minimum Gasteiger partial charge on any atom is -0.497 e. The Bertz CT molecular complexity index is 990. The van der Waals surface area contributed by atoms with Crippen LogP contribution in [0.15, 0.2) is 60.9 Å². The van der Waals surface area contributed by atoms with Crippen molar-refractivity contribution in [3.8, 4) is 11.5 Å². The number of hydrogen-bond donors (Lipinski definition) is 1. The number of halogens is 1. The number of hydrogen-bond acceptors (Lipinski definition) is 4. The number of carbonyl (C=O) groups excluding carboxylic acids is 1. The van der Waals surface area contributed by atoms with Gasteiger partial charge in [0, 0.05) is 36.6 Å². The number of carbonyl (C=O) groups is 1. The molecule has 1 atom stereocenters. The van der Waals surface area contributed by atoms with Crippen LogP contribution in [-0.4, -0.2) is 29.7 Å². The zero-order valence-electron chi connectivity index (χ0n) is 16.4. The lowest BCUT2D eigenvalue weighted by Gasteiger charge is -2.18. The Hall–Kier alpha value is -3.25. The highest BCUT2D eigenvalue weighted by Crippen LogP contribution is 2.24. The summed E-state index contributed by atoms with van der Waals surface area (Å²) >= 11 is 6.01. The Balaban J connectivity index is 1.83. The molecule has 0 fully saturated rings. The molecule has 7 heteroatoms. The molecule has 1 aromatic heterocycles. The molecular weight excluding hydrogens is 390 g/mol. The number of methoxy groups -OCH3 is 2. The highest BCUT2D eigenvalue weighted by molar-refractivity contribution is 6.30. The minimum absolute atomic E-state index is 0.255. The van der Waals surface area contributed by atoms with Gasteiger partial charge in [0.1, 0.15) is 23.4 Å². The summed E-state index contributed by atoms with van der Waals surface area (Å²) in [4.78, 5) is 17.0. The molecule has 3 rings (SSSR count).